The van der Waals surface area contributed by atoms with Crippen molar-refractivity contribution in [3.8, 4) is 0 Å². The number of para-hydroxylation sites is 1. The monoisotopic (exact) mass is 419 g/mol. The van der Waals surface area contributed by atoms with Crippen molar-refractivity contribution in [3.05, 3.63) is 46.6 Å². The molecule has 0 saturated carbocycles. The number of rotatable bonds is 8. The Hall–Kier alpha value is -2.81. The molecule has 0 amide bonds. The Morgan fingerprint density at radius 3 is 2.48 bits per heavy atom. The van der Waals surface area contributed by atoms with Crippen LogP contribution >= 0.6 is 0 Å². The van der Waals surface area contributed by atoms with E-state index in [9.17, 15) is 4.79 Å². The molecule has 4 aromatic rings. The lowest BCUT2D eigenvalue weighted by molar-refractivity contribution is 0.132. The van der Waals surface area contributed by atoms with E-state index in [0.29, 0.717) is 10.8 Å². The van der Waals surface area contributed by atoms with E-state index < -0.39 is 0 Å². The van der Waals surface area contributed by atoms with Gasteiger partial charge in [-0.15, -0.1) is 5.10 Å². The molecule has 0 spiro atoms. The largest absolute Gasteiger partial charge is 0.384 e. The molecular weight excluding hydrogens is 390 g/mol. The minimum Gasteiger partial charge on any atom is -0.384 e. The zero-order valence-corrected chi connectivity index (χ0v) is 17.8. The molecule has 2 aromatic heterocycles. The average Bonchev–Trinajstić information content (AvgIpc) is 3.24. The van der Waals surface area contributed by atoms with E-state index in [1.165, 1.54) is 0 Å². The molecule has 5 rings (SSSR count). The van der Waals surface area contributed by atoms with Crippen LogP contribution in [-0.4, -0.2) is 77.0 Å². The number of nitrogens with one attached hydrogen (secondary N) is 1. The molecule has 0 atom stereocenters. The van der Waals surface area contributed by atoms with E-state index in [-0.39, 0.29) is 5.43 Å². The Labute approximate surface area is 180 Å². The van der Waals surface area contributed by atoms with Gasteiger partial charge >= 0.3 is 0 Å². The molecule has 162 valence electrons. The third kappa shape index (κ3) is 3.82. The van der Waals surface area contributed by atoms with Crippen molar-refractivity contribution in [2.45, 2.75) is 12.8 Å². The van der Waals surface area contributed by atoms with Gasteiger partial charge in [-0.05, 0) is 56.7 Å². The fraction of sp³-hybridized carbons (Fsp3) is 0.435. The summed E-state index contributed by atoms with van der Waals surface area (Å²) in [4.78, 5) is 18.3. The summed E-state index contributed by atoms with van der Waals surface area (Å²) in [5.41, 5.74) is 8.85. The highest BCUT2D eigenvalue weighted by molar-refractivity contribution is 6.06. The molecule has 8 heteroatoms. The second-order valence-corrected chi connectivity index (χ2v) is 8.31. The molecule has 0 bridgehead atoms. The molecule has 3 N–H and O–H groups in total. The molecular formula is C23H29N7O. The van der Waals surface area contributed by atoms with Crippen LogP contribution in [0, 0.1) is 0 Å². The van der Waals surface area contributed by atoms with E-state index in [2.05, 4.69) is 25.4 Å². The second kappa shape index (κ2) is 8.74. The first kappa shape index (κ1) is 20.1. The Bertz CT molecular complexity index is 1230. The van der Waals surface area contributed by atoms with Crippen LogP contribution in [0.5, 0.6) is 0 Å². The predicted octanol–water partition coefficient (Wildman–Crippen LogP) is 1.60. The molecule has 31 heavy (non-hydrogen) atoms. The summed E-state index contributed by atoms with van der Waals surface area (Å²) in [5, 5.41) is 13.4. The van der Waals surface area contributed by atoms with Gasteiger partial charge in [-0.2, -0.15) is 0 Å². The van der Waals surface area contributed by atoms with Crippen LogP contribution in [0.3, 0.4) is 0 Å². The molecule has 1 aliphatic rings. The van der Waals surface area contributed by atoms with Crippen molar-refractivity contribution in [2.24, 2.45) is 5.73 Å². The first-order chi connectivity index (χ1) is 15.3. The number of hydrogen-bond acceptors (Lipinski definition) is 7. The molecule has 1 fully saturated rings. The van der Waals surface area contributed by atoms with E-state index in [0.717, 1.165) is 87.4 Å². The highest BCUT2D eigenvalue weighted by atomic mass is 16.1. The number of anilines is 1. The van der Waals surface area contributed by atoms with Gasteiger partial charge in [-0.1, -0.05) is 17.3 Å². The van der Waals surface area contributed by atoms with Gasteiger partial charge < -0.3 is 20.9 Å². The number of fused-ring (bicyclic) bond motifs is 2. The fourth-order valence-electron chi connectivity index (χ4n) is 4.62. The summed E-state index contributed by atoms with van der Waals surface area (Å²) in [7, 11) is 0. The summed E-state index contributed by atoms with van der Waals surface area (Å²) in [6.45, 7) is 8.24. The van der Waals surface area contributed by atoms with Crippen molar-refractivity contribution in [1.29, 1.82) is 0 Å². The lowest BCUT2D eigenvalue weighted by atomic mass is 10.1. The van der Waals surface area contributed by atoms with Crippen molar-refractivity contribution < 1.29 is 0 Å². The number of nitrogens with zero attached hydrogens (tertiary/aromatic N) is 5. The first-order valence-corrected chi connectivity index (χ1v) is 11.2. The topological polar surface area (TPSA) is 91.8 Å². The highest BCUT2D eigenvalue weighted by Gasteiger charge is 2.18. The van der Waals surface area contributed by atoms with Gasteiger partial charge in [0.15, 0.2) is 5.43 Å². The van der Waals surface area contributed by atoms with Gasteiger partial charge in [0.25, 0.3) is 0 Å². The Morgan fingerprint density at radius 1 is 0.968 bits per heavy atom. The van der Waals surface area contributed by atoms with Gasteiger partial charge in [-0.25, -0.2) is 4.52 Å². The molecule has 1 aliphatic heterocycles. The van der Waals surface area contributed by atoms with Crippen LogP contribution in [-0.2, 0) is 0 Å². The van der Waals surface area contributed by atoms with E-state index in [1.807, 2.05) is 36.4 Å². The summed E-state index contributed by atoms with van der Waals surface area (Å²) in [6, 6.07) is 11.5. The highest BCUT2D eigenvalue weighted by Crippen LogP contribution is 2.27. The number of piperazine rings is 1. The molecule has 3 heterocycles. The van der Waals surface area contributed by atoms with Crippen LogP contribution in [0.2, 0.25) is 0 Å². The summed E-state index contributed by atoms with van der Waals surface area (Å²) < 4.78 is 1.79. The van der Waals surface area contributed by atoms with Crippen molar-refractivity contribution in [1.82, 2.24) is 24.6 Å². The van der Waals surface area contributed by atoms with Gasteiger partial charge in [0, 0.05) is 43.8 Å². The van der Waals surface area contributed by atoms with Crippen LogP contribution in [0.25, 0.3) is 27.3 Å². The molecule has 2 aromatic carbocycles. The van der Waals surface area contributed by atoms with Crippen molar-refractivity contribution in [2.75, 3.05) is 57.7 Å². The average molecular weight is 420 g/mol. The number of pyridine rings is 1. The van der Waals surface area contributed by atoms with E-state index in [4.69, 9.17) is 5.73 Å². The van der Waals surface area contributed by atoms with Gasteiger partial charge in [0.1, 0.15) is 11.0 Å². The zero-order valence-electron chi connectivity index (χ0n) is 17.8. The predicted molar refractivity (Wildman–Crippen MR) is 125 cm³/mol. The maximum Gasteiger partial charge on any atom is 0.199 e. The van der Waals surface area contributed by atoms with Gasteiger partial charge in [0.05, 0.1) is 10.9 Å². The summed E-state index contributed by atoms with van der Waals surface area (Å²) >= 11 is 0. The molecule has 0 unspecified atom stereocenters. The lowest BCUT2D eigenvalue weighted by Gasteiger charge is -2.34. The van der Waals surface area contributed by atoms with Crippen LogP contribution in [0.15, 0.2) is 41.2 Å². The standard InChI is InChI=1S/C23H29N7O/c24-9-3-11-28-13-15-29(16-14-28)12-4-10-25-18-7-8-19-22-21(18)23(31)17-5-1-2-6-20(17)30(22)27-26-19/h1-2,5-8,25H,3-4,9-16,24H2. The number of aromatic nitrogens is 3. The molecule has 0 aliphatic carbocycles. The van der Waals surface area contributed by atoms with Crippen LogP contribution in [0.1, 0.15) is 12.8 Å². The van der Waals surface area contributed by atoms with Crippen LogP contribution < -0.4 is 16.5 Å². The molecule has 1 saturated heterocycles. The quantitative estimate of drug-likeness (QED) is 0.331. The maximum absolute atomic E-state index is 13.3. The summed E-state index contributed by atoms with van der Waals surface area (Å²) in [5.74, 6) is 0. The minimum absolute atomic E-state index is 0.0344. The van der Waals surface area contributed by atoms with Gasteiger partial charge in [0.2, 0.25) is 0 Å². The zero-order chi connectivity index (χ0) is 21.2. The summed E-state index contributed by atoms with van der Waals surface area (Å²) in [6.07, 6.45) is 2.11. The lowest BCUT2D eigenvalue weighted by Crippen LogP contribution is -2.47. The van der Waals surface area contributed by atoms with Gasteiger partial charge in [-0.3, -0.25) is 4.79 Å². The smallest absolute Gasteiger partial charge is 0.199 e. The maximum atomic E-state index is 13.3. The van der Waals surface area contributed by atoms with Crippen LogP contribution in [0.4, 0.5) is 5.69 Å². The Balaban J connectivity index is 1.27. The fourth-order valence-corrected chi connectivity index (χ4v) is 4.62. The van der Waals surface area contributed by atoms with E-state index >= 15 is 0 Å². The van der Waals surface area contributed by atoms with Crippen molar-refractivity contribution in [3.63, 3.8) is 0 Å². The molecule has 0 radical (unpaired) electrons. The third-order valence-corrected chi connectivity index (χ3v) is 6.32. The van der Waals surface area contributed by atoms with Crippen molar-refractivity contribution >= 4 is 33.0 Å². The number of benzene rings is 2. The SMILES string of the molecule is NCCCN1CCN(CCCNc2ccc3nnn4c5ccccc5c(=O)c2c34)CC1. The molecule has 8 nitrogen and oxygen atoms in total. The minimum atomic E-state index is 0.0344. The first-order valence-electron chi connectivity index (χ1n) is 11.2. The normalized spacial score (nSPS) is 16.0. The third-order valence-electron chi connectivity index (χ3n) is 6.32. The number of nitrogens with two attached hydrogens (primary N) is 1. The number of hydrogen-bond donors (Lipinski definition) is 2. The second-order valence-electron chi connectivity index (χ2n) is 8.31. The Morgan fingerprint density at radius 2 is 1.71 bits per heavy atom. The Kier molecular flexibility index (Phi) is 5.67. The van der Waals surface area contributed by atoms with E-state index in [1.54, 1.807) is 4.52 Å².